The summed E-state index contributed by atoms with van der Waals surface area (Å²) in [5, 5.41) is 12.2. The van der Waals surface area contributed by atoms with E-state index >= 15 is 0 Å². The third kappa shape index (κ3) is 3.02. The number of nitrogens with zero attached hydrogens (tertiary/aromatic N) is 2. The minimum Gasteiger partial charge on any atom is -0.494 e. The number of pyridine rings is 1. The zero-order chi connectivity index (χ0) is 17.4. The van der Waals surface area contributed by atoms with E-state index in [0.717, 1.165) is 53.6 Å². The molecular formula is C21H28N2O2. The number of aromatic nitrogens is 1. The number of hydrogen-bond donors (Lipinski definition) is 1. The molecular weight excluding hydrogens is 312 g/mol. The Labute approximate surface area is 149 Å². The monoisotopic (exact) mass is 340 g/mol. The topological polar surface area (TPSA) is 45.6 Å². The maximum absolute atomic E-state index is 11.2. The molecule has 5 atom stereocenters. The van der Waals surface area contributed by atoms with E-state index in [-0.39, 0.29) is 6.04 Å². The normalized spacial score (nSPS) is 29.7. The Hall–Kier alpha value is -1.65. The van der Waals surface area contributed by atoms with Crippen molar-refractivity contribution in [2.24, 2.45) is 11.8 Å². The van der Waals surface area contributed by atoms with Crippen LogP contribution >= 0.6 is 0 Å². The molecule has 0 aliphatic carbocycles. The molecule has 3 aliphatic heterocycles. The molecule has 2 aromatic rings. The highest BCUT2D eigenvalue weighted by molar-refractivity contribution is 5.83. The van der Waals surface area contributed by atoms with Crippen LogP contribution in [0.15, 0.2) is 30.5 Å². The lowest BCUT2D eigenvalue weighted by atomic mass is 9.72. The molecule has 2 bridgehead atoms. The molecule has 5 rings (SSSR count). The number of ether oxygens (including phenoxy) is 1. The number of aliphatic hydroxyl groups is 1. The summed E-state index contributed by atoms with van der Waals surface area (Å²) >= 11 is 0. The third-order valence-corrected chi connectivity index (χ3v) is 6.20. The predicted octanol–water partition coefficient (Wildman–Crippen LogP) is 3.79. The summed E-state index contributed by atoms with van der Waals surface area (Å²) in [4.78, 5) is 6.98. The van der Waals surface area contributed by atoms with Crippen LogP contribution in [0.5, 0.6) is 5.75 Å². The van der Waals surface area contributed by atoms with Crippen molar-refractivity contribution >= 4 is 10.9 Å². The molecule has 1 aromatic heterocycles. The van der Waals surface area contributed by atoms with Gasteiger partial charge in [-0.1, -0.05) is 13.3 Å². The second-order valence-corrected chi connectivity index (χ2v) is 7.47. The summed E-state index contributed by atoms with van der Waals surface area (Å²) < 4.78 is 5.65. The van der Waals surface area contributed by atoms with Gasteiger partial charge in [-0.3, -0.25) is 9.88 Å². The van der Waals surface area contributed by atoms with Crippen LogP contribution in [0.4, 0.5) is 0 Å². The summed E-state index contributed by atoms with van der Waals surface area (Å²) in [6, 6.07) is 8.16. The molecule has 0 amide bonds. The average molecular weight is 340 g/mol. The van der Waals surface area contributed by atoms with Gasteiger partial charge in [-0.15, -0.1) is 0 Å². The Balaban J connectivity index is 1.66. The average Bonchev–Trinajstić information content (AvgIpc) is 2.67. The molecule has 4 nitrogen and oxygen atoms in total. The van der Waals surface area contributed by atoms with Crippen molar-refractivity contribution in [1.82, 2.24) is 9.88 Å². The Bertz CT molecular complexity index is 748. The first kappa shape index (κ1) is 16.8. The van der Waals surface area contributed by atoms with Crippen LogP contribution in [-0.4, -0.2) is 40.7 Å². The first-order valence-electron chi connectivity index (χ1n) is 9.64. The minimum atomic E-state index is -0.469. The van der Waals surface area contributed by atoms with E-state index in [2.05, 4.69) is 16.8 Å². The van der Waals surface area contributed by atoms with Gasteiger partial charge in [-0.25, -0.2) is 0 Å². The van der Waals surface area contributed by atoms with Crippen molar-refractivity contribution in [3.8, 4) is 5.75 Å². The van der Waals surface area contributed by atoms with Crippen LogP contribution in [-0.2, 0) is 0 Å². The molecule has 25 heavy (non-hydrogen) atoms. The Morgan fingerprint density at radius 1 is 1.32 bits per heavy atom. The van der Waals surface area contributed by atoms with Crippen LogP contribution in [0.1, 0.15) is 44.8 Å². The molecule has 1 unspecified atom stereocenters. The van der Waals surface area contributed by atoms with E-state index in [0.29, 0.717) is 6.61 Å². The molecule has 1 aromatic carbocycles. The maximum Gasteiger partial charge on any atom is 0.120 e. The fourth-order valence-electron chi connectivity index (χ4n) is 4.84. The molecule has 4 heteroatoms. The van der Waals surface area contributed by atoms with Crippen molar-refractivity contribution in [3.63, 3.8) is 0 Å². The van der Waals surface area contributed by atoms with Gasteiger partial charge >= 0.3 is 0 Å². The van der Waals surface area contributed by atoms with Crippen molar-refractivity contribution in [2.75, 3.05) is 19.7 Å². The van der Waals surface area contributed by atoms with E-state index in [1.165, 1.54) is 12.8 Å². The molecule has 3 aliphatic rings. The van der Waals surface area contributed by atoms with Crippen LogP contribution < -0.4 is 4.74 Å². The largest absolute Gasteiger partial charge is 0.494 e. The second kappa shape index (κ2) is 6.93. The number of hydrogen-bond acceptors (Lipinski definition) is 4. The lowest BCUT2D eigenvalue weighted by molar-refractivity contribution is -0.0562. The van der Waals surface area contributed by atoms with Gasteiger partial charge in [0, 0.05) is 24.2 Å². The van der Waals surface area contributed by atoms with Gasteiger partial charge in [-0.05, 0) is 68.0 Å². The number of piperidine rings is 3. The first-order chi connectivity index (χ1) is 12.2. The molecule has 4 heterocycles. The Morgan fingerprint density at radius 2 is 2.20 bits per heavy atom. The van der Waals surface area contributed by atoms with Crippen molar-refractivity contribution in [3.05, 3.63) is 36.0 Å². The summed E-state index contributed by atoms with van der Waals surface area (Å²) in [6.45, 7) is 7.18. The van der Waals surface area contributed by atoms with Gasteiger partial charge in [-0.2, -0.15) is 0 Å². The Morgan fingerprint density at radius 3 is 2.92 bits per heavy atom. The minimum absolute atomic E-state index is 0.225. The zero-order valence-corrected chi connectivity index (χ0v) is 15.2. The van der Waals surface area contributed by atoms with Gasteiger partial charge in [0.15, 0.2) is 0 Å². The Kier molecular flexibility index (Phi) is 4.65. The van der Waals surface area contributed by atoms with Gasteiger partial charge in [0.1, 0.15) is 5.75 Å². The smallest absolute Gasteiger partial charge is 0.120 e. The van der Waals surface area contributed by atoms with Gasteiger partial charge in [0.2, 0.25) is 0 Å². The van der Waals surface area contributed by atoms with E-state index in [4.69, 9.17) is 4.74 Å². The number of fused-ring (bicyclic) bond motifs is 4. The standard InChI is InChI=1S/C21H28N2O2/c1-3-14-13-23-10-8-15(14)11-20(23)21(24)17-7-9-22-19-6-5-16(25-4-2)12-18(17)19/h5-7,9,12,14-15,20-21,24H,3-4,8,10-11,13H2,1-2H3/t14-,15+,20+,21-/m0/s1. The number of benzene rings is 1. The molecule has 0 spiro atoms. The van der Waals surface area contributed by atoms with Crippen LogP contribution in [0.25, 0.3) is 10.9 Å². The van der Waals surface area contributed by atoms with E-state index in [9.17, 15) is 5.11 Å². The number of rotatable bonds is 5. The summed E-state index contributed by atoms with van der Waals surface area (Å²) in [6.07, 6.45) is 4.98. The molecule has 0 radical (unpaired) electrons. The van der Waals surface area contributed by atoms with Crippen molar-refractivity contribution < 1.29 is 9.84 Å². The number of aliphatic hydroxyl groups excluding tert-OH is 1. The highest BCUT2D eigenvalue weighted by atomic mass is 16.5. The highest BCUT2D eigenvalue weighted by Gasteiger charge is 2.42. The maximum atomic E-state index is 11.2. The lowest BCUT2D eigenvalue weighted by Crippen LogP contribution is -2.55. The van der Waals surface area contributed by atoms with E-state index in [1.54, 1.807) is 0 Å². The van der Waals surface area contributed by atoms with Crippen LogP contribution in [0, 0.1) is 11.8 Å². The van der Waals surface area contributed by atoms with Gasteiger partial charge in [0.05, 0.1) is 18.2 Å². The molecule has 1 N–H and O–H groups in total. The van der Waals surface area contributed by atoms with Crippen LogP contribution in [0.3, 0.4) is 0 Å². The fraction of sp³-hybridized carbons (Fsp3) is 0.571. The summed E-state index contributed by atoms with van der Waals surface area (Å²) in [5.41, 5.74) is 1.90. The first-order valence-corrected chi connectivity index (χ1v) is 9.64. The molecule has 3 saturated heterocycles. The predicted molar refractivity (Wildman–Crippen MR) is 99.7 cm³/mol. The third-order valence-electron chi connectivity index (χ3n) is 6.20. The van der Waals surface area contributed by atoms with Crippen molar-refractivity contribution in [2.45, 2.75) is 45.3 Å². The highest BCUT2D eigenvalue weighted by Crippen LogP contribution is 2.42. The summed E-state index contributed by atoms with van der Waals surface area (Å²) in [7, 11) is 0. The molecule has 3 fully saturated rings. The van der Waals surface area contributed by atoms with E-state index < -0.39 is 6.10 Å². The SMILES string of the molecule is CCOc1ccc2nccc([C@H](O)[C@H]3C[C@H]4CCN3C[C@@H]4CC)c2c1. The zero-order valence-electron chi connectivity index (χ0n) is 15.2. The van der Waals surface area contributed by atoms with Crippen molar-refractivity contribution in [1.29, 1.82) is 0 Å². The fourth-order valence-corrected chi connectivity index (χ4v) is 4.84. The molecule has 134 valence electrons. The van der Waals surface area contributed by atoms with Gasteiger partial charge in [0.25, 0.3) is 0 Å². The lowest BCUT2D eigenvalue weighted by Gasteiger charge is -2.51. The van der Waals surface area contributed by atoms with E-state index in [1.807, 2.05) is 37.4 Å². The quantitative estimate of drug-likeness (QED) is 0.899. The van der Waals surface area contributed by atoms with Crippen LogP contribution in [0.2, 0.25) is 0 Å². The van der Waals surface area contributed by atoms with Gasteiger partial charge < -0.3 is 9.84 Å². The summed E-state index contributed by atoms with van der Waals surface area (Å²) in [5.74, 6) is 2.41. The molecule has 0 saturated carbocycles. The second-order valence-electron chi connectivity index (χ2n) is 7.47.